The van der Waals surface area contributed by atoms with E-state index < -0.39 is 0 Å². The number of amides is 2. The third-order valence-corrected chi connectivity index (χ3v) is 4.48. The van der Waals surface area contributed by atoms with Gasteiger partial charge >= 0.3 is 0 Å². The van der Waals surface area contributed by atoms with Crippen molar-refractivity contribution in [3.63, 3.8) is 0 Å². The first kappa shape index (κ1) is 20.8. The van der Waals surface area contributed by atoms with Crippen LogP contribution in [0, 0.1) is 0 Å². The molecule has 3 N–H and O–H groups in total. The number of carbonyl (C=O) groups is 2. The minimum absolute atomic E-state index is 0.144. The number of thiocarbonyl (C=S) groups is 1. The van der Waals surface area contributed by atoms with Crippen LogP contribution < -0.4 is 16.0 Å². The highest BCUT2D eigenvalue weighted by molar-refractivity contribution is 7.80. The Morgan fingerprint density at radius 2 is 1.17 bits per heavy atom. The monoisotopic (exact) mass is 443 g/mol. The lowest BCUT2D eigenvalue weighted by molar-refractivity contribution is 0.0976. The van der Waals surface area contributed by atoms with Gasteiger partial charge in [-0.25, -0.2) is 0 Å². The first-order chi connectivity index (χ1) is 13.9. The summed E-state index contributed by atoms with van der Waals surface area (Å²) in [5.41, 5.74) is 2.13. The molecule has 146 valence electrons. The second-order valence-electron chi connectivity index (χ2n) is 5.96. The Morgan fingerprint density at radius 3 is 1.69 bits per heavy atom. The molecule has 0 aliphatic rings. The second-order valence-corrected chi connectivity index (χ2v) is 7.24. The molecule has 0 radical (unpaired) electrons. The highest BCUT2D eigenvalue weighted by Gasteiger charge is 2.09. The molecule has 0 fully saturated rings. The molecule has 8 heteroatoms. The van der Waals surface area contributed by atoms with E-state index in [1.54, 1.807) is 72.8 Å². The van der Waals surface area contributed by atoms with Crippen LogP contribution in [0.2, 0.25) is 10.0 Å². The summed E-state index contributed by atoms with van der Waals surface area (Å²) in [6, 6.07) is 20.1. The van der Waals surface area contributed by atoms with Gasteiger partial charge in [0.15, 0.2) is 5.11 Å². The van der Waals surface area contributed by atoms with Crippen molar-refractivity contribution in [1.29, 1.82) is 0 Å². The molecule has 3 rings (SSSR count). The number of halogens is 2. The van der Waals surface area contributed by atoms with Crippen molar-refractivity contribution in [3.8, 4) is 0 Å². The lowest BCUT2D eigenvalue weighted by Crippen LogP contribution is -2.34. The Bertz CT molecular complexity index is 1070. The van der Waals surface area contributed by atoms with E-state index in [9.17, 15) is 9.59 Å². The molecular weight excluding hydrogens is 429 g/mol. The number of carbonyl (C=O) groups excluding carboxylic acids is 2. The summed E-state index contributed by atoms with van der Waals surface area (Å²) in [6.07, 6.45) is 0. The average Bonchev–Trinajstić information content (AvgIpc) is 2.69. The smallest absolute Gasteiger partial charge is 0.257 e. The minimum atomic E-state index is -0.365. The third-order valence-electron chi connectivity index (χ3n) is 3.80. The highest BCUT2D eigenvalue weighted by Crippen LogP contribution is 2.16. The summed E-state index contributed by atoms with van der Waals surface area (Å²) in [7, 11) is 0. The van der Waals surface area contributed by atoms with E-state index in [1.807, 2.05) is 0 Å². The first-order valence-corrected chi connectivity index (χ1v) is 9.62. The van der Waals surface area contributed by atoms with Crippen molar-refractivity contribution >= 4 is 63.7 Å². The van der Waals surface area contributed by atoms with Gasteiger partial charge < -0.3 is 10.6 Å². The quantitative estimate of drug-likeness (QED) is 0.473. The van der Waals surface area contributed by atoms with E-state index in [2.05, 4.69) is 16.0 Å². The molecule has 0 spiro atoms. The third kappa shape index (κ3) is 6.02. The molecule has 3 aromatic carbocycles. The fourth-order valence-electron chi connectivity index (χ4n) is 2.44. The summed E-state index contributed by atoms with van der Waals surface area (Å²) in [4.78, 5) is 24.4. The summed E-state index contributed by atoms with van der Waals surface area (Å²) < 4.78 is 0. The predicted molar refractivity (Wildman–Crippen MR) is 121 cm³/mol. The standard InChI is InChI=1S/C21H15Cl2N3O2S/c22-15-5-1-3-13(11-15)19(27)24-17-7-9-18(10-8-17)25-21(29)26-20(28)14-4-2-6-16(23)12-14/h1-12H,(H,24,27)(H2,25,26,28,29). The number of hydrogen-bond acceptors (Lipinski definition) is 3. The fourth-order valence-corrected chi connectivity index (χ4v) is 3.03. The van der Waals surface area contributed by atoms with E-state index in [0.29, 0.717) is 32.5 Å². The van der Waals surface area contributed by atoms with Crippen LogP contribution in [0.3, 0.4) is 0 Å². The molecule has 0 bridgehead atoms. The molecule has 0 atom stereocenters. The van der Waals surface area contributed by atoms with Gasteiger partial charge in [-0.2, -0.15) is 0 Å². The predicted octanol–water partition coefficient (Wildman–Crippen LogP) is 5.37. The molecule has 0 aliphatic heterocycles. The maximum absolute atomic E-state index is 12.2. The molecule has 0 heterocycles. The number of rotatable bonds is 4. The minimum Gasteiger partial charge on any atom is -0.332 e. The van der Waals surface area contributed by atoms with Gasteiger partial charge in [-0.05, 0) is 72.9 Å². The van der Waals surface area contributed by atoms with E-state index in [1.165, 1.54) is 0 Å². The lowest BCUT2D eigenvalue weighted by Gasteiger charge is -2.11. The summed E-state index contributed by atoms with van der Waals surface area (Å²) in [5.74, 6) is -0.632. The van der Waals surface area contributed by atoms with Crippen molar-refractivity contribution in [2.45, 2.75) is 0 Å². The maximum Gasteiger partial charge on any atom is 0.257 e. The van der Waals surface area contributed by atoms with Gasteiger partial charge in [0.05, 0.1) is 0 Å². The van der Waals surface area contributed by atoms with Crippen molar-refractivity contribution in [1.82, 2.24) is 5.32 Å². The number of anilines is 2. The number of hydrogen-bond donors (Lipinski definition) is 3. The Labute approximate surface area is 183 Å². The van der Waals surface area contributed by atoms with E-state index in [-0.39, 0.29) is 16.9 Å². The van der Waals surface area contributed by atoms with E-state index in [4.69, 9.17) is 35.4 Å². The van der Waals surface area contributed by atoms with Crippen molar-refractivity contribution < 1.29 is 9.59 Å². The van der Waals surface area contributed by atoms with Crippen LogP contribution in [0.1, 0.15) is 20.7 Å². The van der Waals surface area contributed by atoms with Gasteiger partial charge in [0.25, 0.3) is 11.8 Å². The van der Waals surface area contributed by atoms with Crippen LogP contribution in [-0.4, -0.2) is 16.9 Å². The van der Waals surface area contributed by atoms with Gasteiger partial charge in [-0.3, -0.25) is 14.9 Å². The average molecular weight is 444 g/mol. The molecule has 0 unspecified atom stereocenters. The first-order valence-electron chi connectivity index (χ1n) is 8.45. The van der Waals surface area contributed by atoms with E-state index in [0.717, 1.165) is 0 Å². The van der Waals surface area contributed by atoms with Gasteiger partial charge in [-0.1, -0.05) is 35.3 Å². The van der Waals surface area contributed by atoms with Crippen LogP contribution >= 0.6 is 35.4 Å². The van der Waals surface area contributed by atoms with Gasteiger partial charge in [-0.15, -0.1) is 0 Å². The zero-order valence-corrected chi connectivity index (χ0v) is 17.2. The van der Waals surface area contributed by atoms with Crippen molar-refractivity contribution in [3.05, 3.63) is 94.0 Å². The van der Waals surface area contributed by atoms with Gasteiger partial charge in [0.1, 0.15) is 0 Å². The van der Waals surface area contributed by atoms with Crippen molar-refractivity contribution in [2.75, 3.05) is 10.6 Å². The summed E-state index contributed by atoms with van der Waals surface area (Å²) >= 11 is 17.0. The molecule has 29 heavy (non-hydrogen) atoms. The number of benzene rings is 3. The molecule has 0 aromatic heterocycles. The molecule has 0 saturated heterocycles. The normalized spacial score (nSPS) is 10.1. The van der Waals surface area contributed by atoms with Gasteiger partial charge in [0, 0.05) is 32.5 Å². The fraction of sp³-hybridized carbons (Fsp3) is 0. The molecule has 5 nitrogen and oxygen atoms in total. The Hall–Kier alpha value is -2.93. The SMILES string of the molecule is O=C(NC(=S)Nc1ccc(NC(=O)c2cccc(Cl)c2)cc1)c1cccc(Cl)c1. The topological polar surface area (TPSA) is 70.2 Å². The number of nitrogens with one attached hydrogen (secondary N) is 3. The Kier molecular flexibility index (Phi) is 6.82. The van der Waals surface area contributed by atoms with Crippen LogP contribution in [0.25, 0.3) is 0 Å². The van der Waals surface area contributed by atoms with Gasteiger partial charge in [0.2, 0.25) is 0 Å². The summed E-state index contributed by atoms with van der Waals surface area (Å²) in [5, 5.41) is 9.38. The summed E-state index contributed by atoms with van der Waals surface area (Å²) in [6.45, 7) is 0. The lowest BCUT2D eigenvalue weighted by atomic mass is 10.2. The molecule has 0 aliphatic carbocycles. The van der Waals surface area contributed by atoms with Crippen LogP contribution in [0.4, 0.5) is 11.4 Å². The zero-order valence-electron chi connectivity index (χ0n) is 14.9. The van der Waals surface area contributed by atoms with Crippen molar-refractivity contribution in [2.24, 2.45) is 0 Å². The largest absolute Gasteiger partial charge is 0.332 e. The molecule has 3 aromatic rings. The Balaban J connectivity index is 1.56. The molecule has 2 amide bonds. The Morgan fingerprint density at radius 1 is 0.690 bits per heavy atom. The maximum atomic E-state index is 12.2. The van der Waals surface area contributed by atoms with Crippen LogP contribution in [0.5, 0.6) is 0 Å². The highest BCUT2D eigenvalue weighted by atomic mass is 35.5. The van der Waals surface area contributed by atoms with E-state index >= 15 is 0 Å². The zero-order chi connectivity index (χ0) is 20.8. The van der Waals surface area contributed by atoms with Crippen LogP contribution in [0.15, 0.2) is 72.8 Å². The van der Waals surface area contributed by atoms with Crippen LogP contribution in [-0.2, 0) is 0 Å². The second kappa shape index (κ2) is 9.52. The molecular formula is C21H15Cl2N3O2S. The molecule has 0 saturated carbocycles.